The Morgan fingerprint density at radius 1 is 0.923 bits per heavy atom. The molecule has 0 fully saturated rings. The molecule has 0 unspecified atom stereocenters. The van der Waals surface area contributed by atoms with Gasteiger partial charge in [0.2, 0.25) is 0 Å². The van der Waals surface area contributed by atoms with E-state index in [1.54, 1.807) is 72.9 Å². The molecule has 3 aromatic rings. The topological polar surface area (TPSA) is 56.3 Å². The smallest absolute Gasteiger partial charge is 0.345 e. The Hall–Kier alpha value is -3.24. The van der Waals surface area contributed by atoms with Crippen LogP contribution in [0.25, 0.3) is 6.08 Å². The summed E-state index contributed by atoms with van der Waals surface area (Å²) in [7, 11) is 0. The predicted molar refractivity (Wildman–Crippen MR) is 100 cm³/mol. The number of pyridine rings is 1. The molecule has 0 saturated heterocycles. The van der Waals surface area contributed by atoms with Gasteiger partial charge in [-0.3, -0.25) is 9.78 Å². The third-order valence-electron chi connectivity index (χ3n) is 3.56. The van der Waals surface area contributed by atoms with Crippen molar-refractivity contribution in [3.8, 4) is 5.75 Å². The highest BCUT2D eigenvalue weighted by Crippen LogP contribution is 2.21. The van der Waals surface area contributed by atoms with Crippen LogP contribution in [0.4, 0.5) is 0 Å². The van der Waals surface area contributed by atoms with Gasteiger partial charge in [0, 0.05) is 28.5 Å². The average Bonchev–Trinajstić information content (AvgIpc) is 2.68. The number of carbonyl (C=O) groups is 2. The second-order valence-corrected chi connectivity index (χ2v) is 5.81. The number of ketones is 1. The number of allylic oxidation sites excluding steroid dienone is 1. The fourth-order valence-electron chi connectivity index (χ4n) is 2.23. The van der Waals surface area contributed by atoms with Gasteiger partial charge in [-0.2, -0.15) is 0 Å². The Morgan fingerprint density at radius 2 is 1.69 bits per heavy atom. The normalized spacial score (nSPS) is 10.7. The molecule has 0 N–H and O–H groups in total. The zero-order valence-corrected chi connectivity index (χ0v) is 14.4. The first kappa shape index (κ1) is 17.6. The second-order valence-electron chi connectivity index (χ2n) is 5.37. The van der Waals surface area contributed by atoms with Crippen LogP contribution < -0.4 is 4.74 Å². The second kappa shape index (κ2) is 8.23. The molecule has 1 heterocycles. The molecule has 3 rings (SSSR count). The number of hydrogen-bond acceptors (Lipinski definition) is 4. The van der Waals surface area contributed by atoms with E-state index in [1.807, 2.05) is 0 Å². The first-order valence-corrected chi connectivity index (χ1v) is 8.20. The molecule has 0 bridgehead atoms. The molecule has 128 valence electrons. The summed E-state index contributed by atoms with van der Waals surface area (Å²) >= 11 is 5.83. The molecule has 0 aliphatic carbocycles. The van der Waals surface area contributed by atoms with Gasteiger partial charge in [-0.15, -0.1) is 0 Å². The summed E-state index contributed by atoms with van der Waals surface area (Å²) in [5.41, 5.74) is 1.49. The average molecular weight is 364 g/mol. The Bertz CT molecular complexity index is 951. The molecular formula is C21H14ClNO3. The van der Waals surface area contributed by atoms with Crippen LogP contribution in [-0.2, 0) is 0 Å². The number of esters is 1. The summed E-state index contributed by atoms with van der Waals surface area (Å²) in [6.45, 7) is 0. The van der Waals surface area contributed by atoms with E-state index in [4.69, 9.17) is 16.3 Å². The zero-order valence-electron chi connectivity index (χ0n) is 13.6. The highest BCUT2D eigenvalue weighted by Gasteiger charge is 2.10. The number of ether oxygens (including phenoxy) is 1. The van der Waals surface area contributed by atoms with Gasteiger partial charge in [0.15, 0.2) is 5.78 Å². The van der Waals surface area contributed by atoms with Gasteiger partial charge in [-0.1, -0.05) is 29.8 Å². The molecule has 1 aromatic heterocycles. The molecular weight excluding hydrogens is 350 g/mol. The van der Waals surface area contributed by atoms with Crippen molar-refractivity contribution >= 4 is 29.4 Å². The van der Waals surface area contributed by atoms with E-state index < -0.39 is 5.97 Å². The van der Waals surface area contributed by atoms with Crippen molar-refractivity contribution in [1.82, 2.24) is 4.98 Å². The SMILES string of the molecule is O=C(/C=C/c1ccccc1OC(=O)c1cccnc1)c1ccc(Cl)cc1. The minimum atomic E-state index is -0.511. The van der Waals surface area contributed by atoms with Crippen LogP contribution in [0.2, 0.25) is 5.02 Å². The number of carbonyl (C=O) groups excluding carboxylic acids is 2. The van der Waals surface area contributed by atoms with Crippen LogP contribution in [0.3, 0.4) is 0 Å². The zero-order chi connectivity index (χ0) is 18.4. The number of halogens is 1. The lowest BCUT2D eigenvalue weighted by atomic mass is 10.1. The van der Waals surface area contributed by atoms with Crippen LogP contribution >= 0.6 is 11.6 Å². The maximum absolute atomic E-state index is 12.2. The highest BCUT2D eigenvalue weighted by molar-refractivity contribution is 6.30. The minimum absolute atomic E-state index is 0.171. The first-order valence-electron chi connectivity index (χ1n) is 7.83. The molecule has 0 atom stereocenters. The lowest BCUT2D eigenvalue weighted by molar-refractivity contribution is 0.0734. The highest BCUT2D eigenvalue weighted by atomic mass is 35.5. The van der Waals surface area contributed by atoms with Gasteiger partial charge in [-0.05, 0) is 54.6 Å². The van der Waals surface area contributed by atoms with Crippen molar-refractivity contribution < 1.29 is 14.3 Å². The number of aromatic nitrogens is 1. The Balaban J connectivity index is 1.77. The minimum Gasteiger partial charge on any atom is -0.422 e. The first-order chi connectivity index (χ1) is 12.6. The molecule has 0 spiro atoms. The van der Waals surface area contributed by atoms with Crippen molar-refractivity contribution in [3.63, 3.8) is 0 Å². The number of para-hydroxylation sites is 1. The van der Waals surface area contributed by atoms with E-state index in [9.17, 15) is 9.59 Å². The summed E-state index contributed by atoms with van der Waals surface area (Å²) in [6, 6.07) is 16.9. The Labute approximate surface area is 155 Å². The van der Waals surface area contributed by atoms with Gasteiger partial charge in [0.25, 0.3) is 0 Å². The van der Waals surface area contributed by atoms with Gasteiger partial charge >= 0.3 is 5.97 Å². The van der Waals surface area contributed by atoms with Crippen molar-refractivity contribution in [2.45, 2.75) is 0 Å². The van der Waals surface area contributed by atoms with Gasteiger partial charge in [0.05, 0.1) is 5.56 Å². The van der Waals surface area contributed by atoms with E-state index in [-0.39, 0.29) is 5.78 Å². The molecule has 0 saturated carbocycles. The quantitative estimate of drug-likeness (QED) is 0.281. The summed E-state index contributed by atoms with van der Waals surface area (Å²) in [5, 5.41) is 0.568. The van der Waals surface area contributed by atoms with Crippen LogP contribution in [0.1, 0.15) is 26.3 Å². The third kappa shape index (κ3) is 4.43. The Kier molecular flexibility index (Phi) is 5.56. The van der Waals surface area contributed by atoms with Crippen LogP contribution in [0, 0.1) is 0 Å². The summed E-state index contributed by atoms with van der Waals surface area (Å²) in [6.07, 6.45) is 6.06. The van der Waals surface area contributed by atoms with Crippen molar-refractivity contribution in [1.29, 1.82) is 0 Å². The van der Waals surface area contributed by atoms with Crippen LogP contribution in [0.15, 0.2) is 79.1 Å². The van der Waals surface area contributed by atoms with E-state index in [2.05, 4.69) is 4.98 Å². The van der Waals surface area contributed by atoms with E-state index >= 15 is 0 Å². The molecule has 0 amide bonds. The van der Waals surface area contributed by atoms with Crippen molar-refractivity contribution in [2.75, 3.05) is 0 Å². The standard InChI is InChI=1S/C21H14ClNO3/c22-18-10-7-15(8-11-18)19(24)12-9-16-4-1-2-6-20(16)26-21(25)17-5-3-13-23-14-17/h1-14H/b12-9+. The van der Waals surface area contributed by atoms with Crippen molar-refractivity contribution in [2.24, 2.45) is 0 Å². The van der Waals surface area contributed by atoms with Crippen LogP contribution in [0.5, 0.6) is 5.75 Å². The molecule has 4 nitrogen and oxygen atoms in total. The van der Waals surface area contributed by atoms with Gasteiger partial charge in [-0.25, -0.2) is 4.79 Å². The lowest BCUT2D eigenvalue weighted by Crippen LogP contribution is -2.09. The number of hydrogen-bond donors (Lipinski definition) is 0. The van der Waals surface area contributed by atoms with E-state index in [1.165, 1.54) is 12.3 Å². The third-order valence-corrected chi connectivity index (χ3v) is 3.81. The van der Waals surface area contributed by atoms with E-state index in [0.717, 1.165) is 0 Å². The Morgan fingerprint density at radius 3 is 2.42 bits per heavy atom. The number of benzene rings is 2. The van der Waals surface area contributed by atoms with Crippen LogP contribution in [-0.4, -0.2) is 16.7 Å². The molecule has 2 aromatic carbocycles. The summed E-state index contributed by atoms with van der Waals surface area (Å²) in [5.74, 6) is -0.320. The maximum atomic E-state index is 12.2. The number of nitrogens with zero attached hydrogens (tertiary/aromatic N) is 1. The molecule has 0 radical (unpaired) electrons. The fourth-order valence-corrected chi connectivity index (χ4v) is 2.36. The molecule has 0 aliphatic rings. The van der Waals surface area contributed by atoms with Gasteiger partial charge in [0.1, 0.15) is 5.75 Å². The molecule has 26 heavy (non-hydrogen) atoms. The monoisotopic (exact) mass is 363 g/mol. The summed E-state index contributed by atoms with van der Waals surface area (Å²) in [4.78, 5) is 28.3. The fraction of sp³-hybridized carbons (Fsp3) is 0. The summed E-state index contributed by atoms with van der Waals surface area (Å²) < 4.78 is 5.43. The largest absolute Gasteiger partial charge is 0.422 e. The molecule has 0 aliphatic heterocycles. The lowest BCUT2D eigenvalue weighted by Gasteiger charge is -2.07. The maximum Gasteiger partial charge on any atom is 0.345 e. The van der Waals surface area contributed by atoms with Gasteiger partial charge < -0.3 is 4.74 Å². The van der Waals surface area contributed by atoms with E-state index in [0.29, 0.717) is 27.5 Å². The molecule has 5 heteroatoms. The number of rotatable bonds is 5. The predicted octanol–water partition coefficient (Wildman–Crippen LogP) is 4.85. The van der Waals surface area contributed by atoms with Crippen molar-refractivity contribution in [3.05, 3.63) is 101 Å².